The second-order valence-electron chi connectivity index (χ2n) is 5.47. The number of nitrogens with zero attached hydrogens (tertiary/aromatic N) is 1. The molecule has 1 aliphatic rings. The van der Waals surface area contributed by atoms with Gasteiger partial charge in [0, 0.05) is 17.7 Å². The summed E-state index contributed by atoms with van der Waals surface area (Å²) >= 11 is 0. The number of nitrogens with one attached hydrogen (secondary N) is 1. The average Bonchev–Trinajstić information content (AvgIpc) is 2.92. The Bertz CT molecular complexity index is 428. The molecule has 1 aliphatic carbocycles. The van der Waals surface area contributed by atoms with Gasteiger partial charge in [0.15, 0.2) is 0 Å². The molecule has 0 aromatic carbocycles. The number of pyridine rings is 1. The monoisotopic (exact) mass is 262 g/mol. The zero-order chi connectivity index (χ0) is 13.7. The van der Waals surface area contributed by atoms with Crippen LogP contribution >= 0.6 is 0 Å². The van der Waals surface area contributed by atoms with Crippen LogP contribution in [-0.4, -0.2) is 16.0 Å². The molecule has 2 N–H and O–H groups in total. The van der Waals surface area contributed by atoms with Crippen molar-refractivity contribution in [3.8, 4) is 0 Å². The maximum Gasteiger partial charge on any atom is 0.227 e. The molecule has 0 saturated heterocycles. The van der Waals surface area contributed by atoms with Crippen LogP contribution < -0.4 is 5.32 Å². The lowest BCUT2D eigenvalue weighted by atomic mass is 9.94. The predicted molar refractivity (Wildman–Crippen MR) is 74.5 cm³/mol. The molecule has 19 heavy (non-hydrogen) atoms. The Balaban J connectivity index is 1.92. The third kappa shape index (κ3) is 3.77. The normalized spacial score (nSPS) is 17.4. The Morgan fingerprint density at radius 1 is 1.53 bits per heavy atom. The van der Waals surface area contributed by atoms with Crippen LogP contribution in [0.4, 0.5) is 5.69 Å². The van der Waals surface area contributed by atoms with E-state index in [2.05, 4.69) is 10.3 Å². The zero-order valence-corrected chi connectivity index (χ0v) is 11.4. The first-order valence-corrected chi connectivity index (χ1v) is 7.05. The molecule has 1 atom stereocenters. The first-order chi connectivity index (χ1) is 9.20. The number of hydrogen-bond donors (Lipinski definition) is 2. The van der Waals surface area contributed by atoms with E-state index in [1.54, 1.807) is 18.5 Å². The fraction of sp³-hybridized carbons (Fsp3) is 0.600. The van der Waals surface area contributed by atoms with Crippen LogP contribution in [0.3, 0.4) is 0 Å². The summed E-state index contributed by atoms with van der Waals surface area (Å²) in [5, 5.41) is 12.1. The first-order valence-electron chi connectivity index (χ1n) is 7.05. The van der Waals surface area contributed by atoms with Crippen LogP contribution in [0.5, 0.6) is 0 Å². The highest BCUT2D eigenvalue weighted by molar-refractivity contribution is 5.92. The number of carbonyl (C=O) groups is 1. The number of amides is 1. The molecular formula is C15H22N2O2. The van der Waals surface area contributed by atoms with E-state index in [4.69, 9.17) is 0 Å². The molecular weight excluding hydrogens is 240 g/mol. The molecule has 2 rings (SSSR count). The van der Waals surface area contributed by atoms with Crippen molar-refractivity contribution in [1.29, 1.82) is 0 Å². The fourth-order valence-electron chi connectivity index (χ4n) is 2.78. The number of carbonyl (C=O) groups excluding carboxylic acids is 1. The van der Waals surface area contributed by atoms with E-state index in [1.807, 2.05) is 6.92 Å². The van der Waals surface area contributed by atoms with Crippen LogP contribution in [0.15, 0.2) is 18.5 Å². The summed E-state index contributed by atoms with van der Waals surface area (Å²) in [5.74, 6) is 0.733. The number of aliphatic hydroxyl groups excluding tert-OH is 1. The number of aromatic nitrogens is 1. The van der Waals surface area contributed by atoms with Crippen LogP contribution in [0.1, 0.15) is 44.6 Å². The summed E-state index contributed by atoms with van der Waals surface area (Å²) in [7, 11) is 0. The van der Waals surface area contributed by atoms with Crippen molar-refractivity contribution < 1.29 is 9.90 Å². The molecule has 1 heterocycles. The lowest BCUT2D eigenvalue weighted by Gasteiger charge is -2.17. The van der Waals surface area contributed by atoms with Crippen molar-refractivity contribution in [1.82, 2.24) is 4.98 Å². The van der Waals surface area contributed by atoms with Crippen molar-refractivity contribution in [3.05, 3.63) is 24.0 Å². The second kappa shape index (κ2) is 6.66. The fourth-order valence-corrected chi connectivity index (χ4v) is 2.78. The van der Waals surface area contributed by atoms with Gasteiger partial charge in [0.05, 0.1) is 18.5 Å². The number of hydrogen-bond acceptors (Lipinski definition) is 3. The molecule has 104 valence electrons. The van der Waals surface area contributed by atoms with Gasteiger partial charge in [0.1, 0.15) is 0 Å². The third-order valence-electron chi connectivity index (χ3n) is 3.95. The van der Waals surface area contributed by atoms with Crippen LogP contribution in [0.25, 0.3) is 0 Å². The second-order valence-corrected chi connectivity index (χ2v) is 5.47. The molecule has 1 aromatic heterocycles. The first kappa shape index (κ1) is 14.0. The molecule has 1 saturated carbocycles. The highest BCUT2D eigenvalue weighted by Crippen LogP contribution is 2.30. The Kier molecular flexibility index (Phi) is 4.91. The average molecular weight is 262 g/mol. The minimum absolute atomic E-state index is 0.00912. The van der Waals surface area contributed by atoms with Crippen LogP contribution in [0, 0.1) is 11.8 Å². The van der Waals surface area contributed by atoms with Gasteiger partial charge in [0.25, 0.3) is 0 Å². The molecule has 0 aliphatic heterocycles. The molecule has 4 nitrogen and oxygen atoms in total. The zero-order valence-electron chi connectivity index (χ0n) is 11.4. The highest BCUT2D eigenvalue weighted by atomic mass is 16.3. The quantitative estimate of drug-likeness (QED) is 0.857. The summed E-state index contributed by atoms with van der Waals surface area (Å²) in [5.41, 5.74) is 1.32. The number of aliphatic hydroxyl groups is 1. The van der Waals surface area contributed by atoms with E-state index in [0.29, 0.717) is 17.2 Å². The van der Waals surface area contributed by atoms with E-state index < -0.39 is 0 Å². The minimum atomic E-state index is -0.0882. The molecule has 0 spiro atoms. The molecule has 0 bridgehead atoms. The van der Waals surface area contributed by atoms with Gasteiger partial charge in [-0.1, -0.05) is 32.6 Å². The predicted octanol–water partition coefficient (Wildman–Crippen LogP) is 2.73. The van der Waals surface area contributed by atoms with Gasteiger partial charge in [-0.15, -0.1) is 0 Å². The van der Waals surface area contributed by atoms with E-state index in [1.165, 1.54) is 25.7 Å². The molecule has 1 unspecified atom stereocenters. The highest BCUT2D eigenvalue weighted by Gasteiger charge is 2.22. The smallest absolute Gasteiger partial charge is 0.227 e. The lowest BCUT2D eigenvalue weighted by Crippen LogP contribution is -2.23. The molecule has 1 amide bonds. The SMILES string of the molecule is CC(CC1CCCC1)C(=O)Nc1cnccc1CO. The van der Waals surface area contributed by atoms with Crippen molar-refractivity contribution in [3.63, 3.8) is 0 Å². The minimum Gasteiger partial charge on any atom is -0.392 e. The summed E-state index contributed by atoms with van der Waals surface area (Å²) < 4.78 is 0. The van der Waals surface area contributed by atoms with Gasteiger partial charge in [-0.25, -0.2) is 0 Å². The summed E-state index contributed by atoms with van der Waals surface area (Å²) in [4.78, 5) is 16.1. The Morgan fingerprint density at radius 3 is 2.95 bits per heavy atom. The lowest BCUT2D eigenvalue weighted by molar-refractivity contribution is -0.119. The van der Waals surface area contributed by atoms with Crippen molar-refractivity contribution in [2.75, 3.05) is 5.32 Å². The van der Waals surface area contributed by atoms with Gasteiger partial charge in [0.2, 0.25) is 5.91 Å². The van der Waals surface area contributed by atoms with E-state index in [0.717, 1.165) is 6.42 Å². The Hall–Kier alpha value is -1.42. The maximum atomic E-state index is 12.1. The number of rotatable bonds is 5. The molecule has 4 heteroatoms. The molecule has 1 fully saturated rings. The maximum absolute atomic E-state index is 12.1. The van der Waals surface area contributed by atoms with E-state index in [-0.39, 0.29) is 18.4 Å². The summed E-state index contributed by atoms with van der Waals surface area (Å²) in [6.45, 7) is 1.89. The molecule has 1 aromatic rings. The Morgan fingerprint density at radius 2 is 2.26 bits per heavy atom. The van der Waals surface area contributed by atoms with Gasteiger partial charge >= 0.3 is 0 Å². The third-order valence-corrected chi connectivity index (χ3v) is 3.95. The largest absolute Gasteiger partial charge is 0.392 e. The van der Waals surface area contributed by atoms with Gasteiger partial charge < -0.3 is 10.4 Å². The summed E-state index contributed by atoms with van der Waals surface area (Å²) in [6, 6.07) is 1.72. The van der Waals surface area contributed by atoms with Gasteiger partial charge in [-0.2, -0.15) is 0 Å². The van der Waals surface area contributed by atoms with Crippen molar-refractivity contribution >= 4 is 11.6 Å². The van der Waals surface area contributed by atoms with Gasteiger partial charge in [-0.3, -0.25) is 9.78 Å². The number of anilines is 1. The standard InChI is InChI=1S/C15H22N2O2/c1-11(8-12-4-2-3-5-12)15(19)17-14-9-16-7-6-13(14)10-18/h6-7,9,11-12,18H,2-5,8,10H2,1H3,(H,17,19). The van der Waals surface area contributed by atoms with Crippen molar-refractivity contribution in [2.45, 2.75) is 45.6 Å². The van der Waals surface area contributed by atoms with Gasteiger partial charge in [-0.05, 0) is 18.4 Å². The van der Waals surface area contributed by atoms with E-state index in [9.17, 15) is 9.90 Å². The van der Waals surface area contributed by atoms with Crippen LogP contribution in [-0.2, 0) is 11.4 Å². The Labute approximate surface area is 114 Å². The molecule has 0 radical (unpaired) electrons. The topological polar surface area (TPSA) is 62.2 Å². The van der Waals surface area contributed by atoms with Crippen molar-refractivity contribution in [2.24, 2.45) is 11.8 Å². The van der Waals surface area contributed by atoms with E-state index >= 15 is 0 Å². The van der Waals surface area contributed by atoms with Crippen LogP contribution in [0.2, 0.25) is 0 Å². The summed E-state index contributed by atoms with van der Waals surface area (Å²) in [6.07, 6.45) is 9.28.